The topological polar surface area (TPSA) is 83.8 Å². The van der Waals surface area contributed by atoms with E-state index in [1.165, 1.54) is 0 Å². The van der Waals surface area contributed by atoms with Crippen molar-refractivity contribution in [3.8, 4) is 0 Å². The maximum absolute atomic E-state index is 11.0. The third-order valence-corrected chi connectivity index (χ3v) is 3.69. The van der Waals surface area contributed by atoms with E-state index >= 15 is 0 Å². The van der Waals surface area contributed by atoms with E-state index in [9.17, 15) is 9.59 Å². The molecule has 1 aliphatic carbocycles. The number of carboxylic acid groups (broad SMARTS) is 2. The number of allylic oxidation sites excluding steroid dienone is 1. The van der Waals surface area contributed by atoms with Crippen LogP contribution in [0, 0.1) is 0 Å². The van der Waals surface area contributed by atoms with E-state index in [1.54, 1.807) is 19.1 Å². The molecule has 1 aliphatic rings. The molecule has 0 aromatic heterocycles. The second kappa shape index (κ2) is 6.43. The van der Waals surface area contributed by atoms with Crippen molar-refractivity contribution in [2.45, 2.75) is 38.7 Å². The van der Waals surface area contributed by atoms with E-state index in [1.807, 2.05) is 12.1 Å². The van der Waals surface area contributed by atoms with Crippen LogP contribution in [0.5, 0.6) is 0 Å². The summed E-state index contributed by atoms with van der Waals surface area (Å²) in [7, 11) is 0. The number of carbonyl (C=O) groups is 2. The molecule has 1 atom stereocenters. The molecule has 0 bridgehead atoms. The molecule has 0 radical (unpaired) electrons. The van der Waals surface area contributed by atoms with Crippen molar-refractivity contribution in [3.63, 3.8) is 0 Å². The van der Waals surface area contributed by atoms with Crippen molar-refractivity contribution < 1.29 is 24.5 Å². The van der Waals surface area contributed by atoms with Gasteiger partial charge in [-0.2, -0.15) is 0 Å². The molecule has 0 spiro atoms. The zero-order valence-electron chi connectivity index (χ0n) is 11.8. The highest BCUT2D eigenvalue weighted by atomic mass is 16.5. The summed E-state index contributed by atoms with van der Waals surface area (Å²) in [6.07, 6.45) is 2.03. The van der Waals surface area contributed by atoms with Gasteiger partial charge in [-0.1, -0.05) is 24.3 Å². The Hall–Kier alpha value is -2.30. The first kappa shape index (κ1) is 15.1. The zero-order valence-corrected chi connectivity index (χ0v) is 11.8. The molecule has 0 amide bonds. The molecule has 112 valence electrons. The Morgan fingerprint density at radius 2 is 1.86 bits per heavy atom. The van der Waals surface area contributed by atoms with Crippen LogP contribution in [-0.2, 0) is 20.9 Å². The molecule has 5 nitrogen and oxygen atoms in total. The van der Waals surface area contributed by atoms with Crippen LogP contribution in [0.2, 0.25) is 0 Å². The smallest absolute Gasteiger partial charge is 0.334 e. The van der Waals surface area contributed by atoms with Crippen LogP contribution in [0.25, 0.3) is 0 Å². The molecular formula is C16H18O5. The van der Waals surface area contributed by atoms with Crippen LogP contribution < -0.4 is 0 Å². The molecule has 0 aliphatic heterocycles. The first-order chi connectivity index (χ1) is 9.99. The van der Waals surface area contributed by atoms with E-state index in [-0.39, 0.29) is 0 Å². The van der Waals surface area contributed by atoms with Gasteiger partial charge >= 0.3 is 11.9 Å². The highest BCUT2D eigenvalue weighted by Gasteiger charge is 2.21. The Labute approximate surface area is 122 Å². The second-order valence-corrected chi connectivity index (χ2v) is 5.15. The number of ether oxygens (including phenoxy) is 1. The van der Waals surface area contributed by atoms with Gasteiger partial charge in [-0.25, -0.2) is 4.79 Å². The highest BCUT2D eigenvalue weighted by Crippen LogP contribution is 2.28. The van der Waals surface area contributed by atoms with Gasteiger partial charge in [0.15, 0.2) is 0 Å². The molecule has 1 aromatic carbocycles. The second-order valence-electron chi connectivity index (χ2n) is 5.15. The van der Waals surface area contributed by atoms with Crippen molar-refractivity contribution in [3.05, 3.63) is 46.7 Å². The van der Waals surface area contributed by atoms with Gasteiger partial charge in [0.2, 0.25) is 0 Å². The summed E-state index contributed by atoms with van der Waals surface area (Å²) < 4.78 is 5.59. The standard InChI is InChI=1S/C16H18O5/c1-10(15(17)18)12-7-5-11(6-8-12)9-21-14-4-2-3-13(14)16(19)20/h5-8,10H,2-4,9H2,1H3,(H,17,18)(H,19,20). The zero-order chi connectivity index (χ0) is 15.4. The predicted molar refractivity (Wildman–Crippen MR) is 75.8 cm³/mol. The Balaban J connectivity index is 2.00. The Kier molecular flexibility index (Phi) is 4.62. The molecule has 0 heterocycles. The molecule has 2 N–H and O–H groups in total. The van der Waals surface area contributed by atoms with Crippen molar-refractivity contribution in [2.24, 2.45) is 0 Å². The van der Waals surface area contributed by atoms with Gasteiger partial charge in [0.1, 0.15) is 12.4 Å². The fourth-order valence-electron chi connectivity index (χ4n) is 2.32. The lowest BCUT2D eigenvalue weighted by Crippen LogP contribution is -2.07. The fraction of sp³-hybridized carbons (Fsp3) is 0.375. The molecule has 1 unspecified atom stereocenters. The summed E-state index contributed by atoms with van der Waals surface area (Å²) in [6.45, 7) is 1.93. The average Bonchev–Trinajstić information content (AvgIpc) is 2.93. The van der Waals surface area contributed by atoms with E-state index in [0.717, 1.165) is 17.5 Å². The highest BCUT2D eigenvalue weighted by molar-refractivity contribution is 5.87. The third-order valence-electron chi connectivity index (χ3n) is 3.69. The first-order valence-electron chi connectivity index (χ1n) is 6.88. The van der Waals surface area contributed by atoms with Crippen molar-refractivity contribution in [2.75, 3.05) is 0 Å². The minimum atomic E-state index is -0.909. The quantitative estimate of drug-likeness (QED) is 0.841. The fourth-order valence-corrected chi connectivity index (χ4v) is 2.32. The van der Waals surface area contributed by atoms with Crippen LogP contribution in [-0.4, -0.2) is 22.2 Å². The van der Waals surface area contributed by atoms with E-state index in [2.05, 4.69) is 0 Å². The normalized spacial score (nSPS) is 15.9. The number of aliphatic carboxylic acids is 2. The summed E-state index contributed by atoms with van der Waals surface area (Å²) in [6, 6.07) is 7.15. The van der Waals surface area contributed by atoms with Crippen molar-refractivity contribution in [1.29, 1.82) is 0 Å². The maximum atomic E-state index is 11.0. The lowest BCUT2D eigenvalue weighted by Gasteiger charge is -2.10. The summed E-state index contributed by atoms with van der Waals surface area (Å²) in [5, 5.41) is 18.0. The Morgan fingerprint density at radius 3 is 2.43 bits per heavy atom. The molecule has 1 aromatic rings. The first-order valence-corrected chi connectivity index (χ1v) is 6.88. The molecular weight excluding hydrogens is 272 g/mol. The molecule has 2 rings (SSSR count). The van der Waals surface area contributed by atoms with Gasteiger partial charge in [-0.05, 0) is 30.9 Å². The number of hydrogen-bond donors (Lipinski definition) is 2. The van der Waals surface area contributed by atoms with Gasteiger partial charge in [-0.15, -0.1) is 0 Å². The number of rotatable bonds is 6. The van der Waals surface area contributed by atoms with Gasteiger partial charge in [0, 0.05) is 6.42 Å². The van der Waals surface area contributed by atoms with Crippen LogP contribution in [0.4, 0.5) is 0 Å². The Morgan fingerprint density at radius 1 is 1.19 bits per heavy atom. The van der Waals surface area contributed by atoms with E-state index < -0.39 is 17.9 Å². The summed E-state index contributed by atoms with van der Waals surface area (Å²) in [4.78, 5) is 21.9. The van der Waals surface area contributed by atoms with Crippen LogP contribution in [0.3, 0.4) is 0 Å². The molecule has 0 saturated carbocycles. The van der Waals surface area contributed by atoms with Crippen LogP contribution in [0.1, 0.15) is 43.2 Å². The van der Waals surface area contributed by atoms with Crippen molar-refractivity contribution in [1.82, 2.24) is 0 Å². The van der Waals surface area contributed by atoms with Crippen molar-refractivity contribution >= 4 is 11.9 Å². The third kappa shape index (κ3) is 3.62. The van der Waals surface area contributed by atoms with E-state index in [4.69, 9.17) is 14.9 Å². The van der Waals surface area contributed by atoms with Crippen LogP contribution >= 0.6 is 0 Å². The van der Waals surface area contributed by atoms with Gasteiger partial charge < -0.3 is 14.9 Å². The maximum Gasteiger partial charge on any atom is 0.334 e. The van der Waals surface area contributed by atoms with E-state index in [0.29, 0.717) is 30.8 Å². The molecule has 21 heavy (non-hydrogen) atoms. The van der Waals surface area contributed by atoms with Crippen LogP contribution in [0.15, 0.2) is 35.6 Å². The summed E-state index contributed by atoms with van der Waals surface area (Å²) in [5.41, 5.74) is 1.99. The largest absolute Gasteiger partial charge is 0.493 e. The SMILES string of the molecule is CC(C(=O)O)c1ccc(COC2=C(C(=O)O)CCC2)cc1. The van der Waals surface area contributed by atoms with Gasteiger partial charge in [0.25, 0.3) is 0 Å². The lowest BCUT2D eigenvalue weighted by atomic mass is 10.0. The monoisotopic (exact) mass is 290 g/mol. The number of benzene rings is 1. The summed E-state index contributed by atoms with van der Waals surface area (Å²) >= 11 is 0. The summed E-state index contributed by atoms with van der Waals surface area (Å²) in [5.74, 6) is -1.75. The molecule has 0 fully saturated rings. The minimum absolute atomic E-state index is 0.299. The molecule has 5 heteroatoms. The predicted octanol–water partition coefficient (Wildman–Crippen LogP) is 2.91. The minimum Gasteiger partial charge on any atom is -0.493 e. The number of hydrogen-bond acceptors (Lipinski definition) is 3. The lowest BCUT2D eigenvalue weighted by molar-refractivity contribution is -0.138. The average molecular weight is 290 g/mol. The number of carboxylic acids is 2. The van der Waals surface area contributed by atoms with Gasteiger partial charge in [0.05, 0.1) is 11.5 Å². The van der Waals surface area contributed by atoms with Gasteiger partial charge in [-0.3, -0.25) is 4.79 Å². The molecule has 0 saturated heterocycles. The Bertz CT molecular complexity index is 571.